The van der Waals surface area contributed by atoms with Crippen LogP contribution < -0.4 is 4.90 Å². The Bertz CT molecular complexity index is 404. The van der Waals surface area contributed by atoms with Crippen molar-refractivity contribution in [2.75, 3.05) is 18.0 Å². The van der Waals surface area contributed by atoms with Crippen LogP contribution in [0.25, 0.3) is 0 Å². The first-order valence-electron chi connectivity index (χ1n) is 4.80. The molecule has 1 heterocycles. The van der Waals surface area contributed by atoms with Crippen LogP contribution >= 0.6 is 55.1 Å². The van der Waals surface area contributed by atoms with Crippen molar-refractivity contribution in [3.63, 3.8) is 0 Å². The Labute approximate surface area is 120 Å². The van der Waals surface area contributed by atoms with Gasteiger partial charge in [-0.1, -0.05) is 23.2 Å². The lowest BCUT2D eigenvalue weighted by molar-refractivity contribution is 0.626. The molecule has 0 atom stereocenters. The first-order valence-corrected chi connectivity index (χ1v) is 7.14. The van der Waals surface area contributed by atoms with Gasteiger partial charge in [0.25, 0.3) is 0 Å². The number of hydrogen-bond donors (Lipinski definition) is 0. The van der Waals surface area contributed by atoms with Crippen molar-refractivity contribution in [3.8, 4) is 0 Å². The second kappa shape index (κ2) is 5.01. The quantitative estimate of drug-likeness (QED) is 0.466. The molecule has 0 saturated carbocycles. The molecule has 1 aliphatic rings. The summed E-state index contributed by atoms with van der Waals surface area (Å²) < 4.78 is 14.7. The number of benzene rings is 1. The number of halogens is 5. The van der Waals surface area contributed by atoms with Crippen LogP contribution in [0.15, 0.2) is 8.95 Å². The first-order chi connectivity index (χ1) is 7.54. The van der Waals surface area contributed by atoms with Gasteiger partial charge < -0.3 is 4.90 Å². The minimum atomic E-state index is -0.593. The largest absolute Gasteiger partial charge is 0.370 e. The van der Waals surface area contributed by atoms with Crippen molar-refractivity contribution in [3.05, 3.63) is 24.8 Å². The molecule has 1 nitrogen and oxygen atoms in total. The van der Waals surface area contributed by atoms with Crippen LogP contribution in [0.4, 0.5) is 10.1 Å². The van der Waals surface area contributed by atoms with Crippen LogP contribution in [0.1, 0.15) is 12.8 Å². The van der Waals surface area contributed by atoms with Gasteiger partial charge in [0.1, 0.15) is 0 Å². The summed E-state index contributed by atoms with van der Waals surface area (Å²) in [5, 5.41) is 0.0743. The fourth-order valence-electron chi connectivity index (χ4n) is 1.81. The van der Waals surface area contributed by atoms with Gasteiger partial charge in [-0.25, -0.2) is 4.39 Å². The van der Waals surface area contributed by atoms with Crippen LogP contribution in [0.3, 0.4) is 0 Å². The van der Waals surface area contributed by atoms with Crippen LogP contribution in [-0.2, 0) is 0 Å². The Morgan fingerprint density at radius 1 is 1.00 bits per heavy atom. The van der Waals surface area contributed by atoms with Gasteiger partial charge in [0.05, 0.1) is 24.7 Å². The molecule has 0 radical (unpaired) electrons. The van der Waals surface area contributed by atoms with Gasteiger partial charge in [0, 0.05) is 13.1 Å². The summed E-state index contributed by atoms with van der Waals surface area (Å²) in [5.74, 6) is -0.593. The van der Waals surface area contributed by atoms with Crippen LogP contribution in [0.5, 0.6) is 0 Å². The third-order valence-corrected chi connectivity index (χ3v) is 5.32. The number of anilines is 1. The van der Waals surface area contributed by atoms with E-state index in [0.29, 0.717) is 8.95 Å². The van der Waals surface area contributed by atoms with Crippen LogP contribution in [-0.4, -0.2) is 13.1 Å². The van der Waals surface area contributed by atoms with E-state index in [9.17, 15) is 4.39 Å². The predicted molar refractivity (Wildman–Crippen MR) is 73.3 cm³/mol. The second-order valence-electron chi connectivity index (χ2n) is 3.61. The molecular formula is C10H8Br2Cl2FN. The zero-order valence-electron chi connectivity index (χ0n) is 8.17. The minimum Gasteiger partial charge on any atom is -0.370 e. The fraction of sp³-hybridized carbons (Fsp3) is 0.400. The highest BCUT2D eigenvalue weighted by Gasteiger charge is 2.25. The molecule has 0 bridgehead atoms. The molecule has 0 N–H and O–H groups in total. The molecule has 1 aliphatic heterocycles. The second-order valence-corrected chi connectivity index (χ2v) is 5.95. The highest BCUT2D eigenvalue weighted by atomic mass is 79.9. The summed E-state index contributed by atoms with van der Waals surface area (Å²) in [7, 11) is 0. The Morgan fingerprint density at radius 3 is 1.88 bits per heavy atom. The lowest BCUT2D eigenvalue weighted by atomic mass is 10.3. The highest BCUT2D eigenvalue weighted by Crippen LogP contribution is 2.46. The average molecular weight is 392 g/mol. The molecule has 1 aromatic rings. The van der Waals surface area contributed by atoms with Crippen molar-refractivity contribution in [1.29, 1.82) is 0 Å². The van der Waals surface area contributed by atoms with Crippen molar-refractivity contribution < 1.29 is 4.39 Å². The van der Waals surface area contributed by atoms with E-state index in [4.69, 9.17) is 23.2 Å². The summed E-state index contributed by atoms with van der Waals surface area (Å²) in [4.78, 5) is 2.14. The molecule has 2 rings (SSSR count). The smallest absolute Gasteiger partial charge is 0.162 e. The molecule has 1 saturated heterocycles. The summed E-state index contributed by atoms with van der Waals surface area (Å²) >= 11 is 18.4. The molecule has 0 unspecified atom stereocenters. The van der Waals surface area contributed by atoms with Gasteiger partial charge in [-0.15, -0.1) is 0 Å². The molecule has 0 aromatic heterocycles. The highest BCUT2D eigenvalue weighted by molar-refractivity contribution is 9.11. The van der Waals surface area contributed by atoms with Gasteiger partial charge in [0.15, 0.2) is 5.82 Å². The number of nitrogens with zero attached hydrogens (tertiary/aromatic N) is 1. The first kappa shape index (κ1) is 12.9. The molecule has 6 heteroatoms. The molecule has 1 fully saturated rings. The van der Waals surface area contributed by atoms with E-state index in [1.54, 1.807) is 0 Å². The Morgan fingerprint density at radius 2 is 1.44 bits per heavy atom. The van der Waals surface area contributed by atoms with E-state index >= 15 is 0 Å². The third-order valence-electron chi connectivity index (χ3n) is 2.61. The zero-order valence-corrected chi connectivity index (χ0v) is 12.8. The van der Waals surface area contributed by atoms with Crippen molar-refractivity contribution in [2.45, 2.75) is 12.8 Å². The standard InChI is InChI=1S/C10H8Br2Cl2FN/c11-5-7(13)9(15)8(14)6(12)10(5)16-3-1-2-4-16/h1-4H2. The summed E-state index contributed by atoms with van der Waals surface area (Å²) in [6, 6.07) is 0. The normalized spacial score (nSPS) is 15.9. The molecule has 16 heavy (non-hydrogen) atoms. The SMILES string of the molecule is Fc1c(Cl)c(Br)c(N2CCCC2)c(Br)c1Cl. The van der Waals surface area contributed by atoms with Crippen molar-refractivity contribution in [1.82, 2.24) is 0 Å². The lowest BCUT2D eigenvalue weighted by Crippen LogP contribution is -2.19. The third kappa shape index (κ3) is 2.09. The van der Waals surface area contributed by atoms with E-state index < -0.39 is 5.82 Å². The van der Waals surface area contributed by atoms with Crippen molar-refractivity contribution >= 4 is 60.7 Å². The van der Waals surface area contributed by atoms with Crippen LogP contribution in [0, 0.1) is 5.82 Å². The van der Waals surface area contributed by atoms with E-state index in [0.717, 1.165) is 31.6 Å². The van der Waals surface area contributed by atoms with Crippen molar-refractivity contribution in [2.24, 2.45) is 0 Å². The Balaban J connectivity index is 2.59. The fourth-order valence-corrected chi connectivity index (χ4v) is 3.74. The van der Waals surface area contributed by atoms with Crippen LogP contribution in [0.2, 0.25) is 10.0 Å². The average Bonchev–Trinajstić information content (AvgIpc) is 2.77. The minimum absolute atomic E-state index is 0.0371. The Hall–Kier alpha value is 0.490. The molecule has 0 spiro atoms. The maximum Gasteiger partial charge on any atom is 0.162 e. The Kier molecular flexibility index (Phi) is 4.05. The van der Waals surface area contributed by atoms with Gasteiger partial charge in [0.2, 0.25) is 0 Å². The van der Waals surface area contributed by atoms with E-state index in [1.165, 1.54) is 0 Å². The molecule has 0 amide bonds. The number of hydrogen-bond acceptors (Lipinski definition) is 1. The maximum absolute atomic E-state index is 13.6. The number of rotatable bonds is 1. The van der Waals surface area contributed by atoms with Gasteiger partial charge in [-0.2, -0.15) is 0 Å². The van der Waals surface area contributed by atoms with Gasteiger partial charge in [-0.3, -0.25) is 0 Å². The molecular weight excluding hydrogens is 384 g/mol. The van der Waals surface area contributed by atoms with Gasteiger partial charge in [-0.05, 0) is 44.7 Å². The maximum atomic E-state index is 13.6. The summed E-state index contributed by atoms with van der Waals surface area (Å²) in [5.41, 5.74) is 0.842. The molecule has 0 aliphatic carbocycles. The summed E-state index contributed by atoms with van der Waals surface area (Å²) in [6.45, 7) is 1.88. The van der Waals surface area contributed by atoms with E-state index in [2.05, 4.69) is 36.8 Å². The predicted octanol–water partition coefficient (Wildman–Crippen LogP) is 5.26. The van der Waals surface area contributed by atoms with E-state index in [1.807, 2.05) is 0 Å². The van der Waals surface area contributed by atoms with E-state index in [-0.39, 0.29) is 10.0 Å². The topological polar surface area (TPSA) is 3.24 Å². The monoisotopic (exact) mass is 389 g/mol. The van der Waals surface area contributed by atoms with Gasteiger partial charge >= 0.3 is 0 Å². The molecule has 88 valence electrons. The molecule has 1 aromatic carbocycles. The summed E-state index contributed by atoms with van der Waals surface area (Å²) in [6.07, 6.45) is 2.26. The zero-order chi connectivity index (χ0) is 11.9. The lowest BCUT2D eigenvalue weighted by Gasteiger charge is -2.22.